The number of anilines is 1. The molecule has 108 valence electrons. The summed E-state index contributed by atoms with van der Waals surface area (Å²) in [4.78, 5) is 23.0. The van der Waals surface area contributed by atoms with Crippen LogP contribution in [0.2, 0.25) is 15.1 Å². The number of hydrogen-bond donors (Lipinski definition) is 2. The monoisotopic (exact) mass is 337 g/mol. The molecule has 2 rings (SSSR count). The number of hydrogen-bond acceptors (Lipinski definition) is 4. The number of aliphatic carboxylic acids is 1. The van der Waals surface area contributed by atoms with Crippen LogP contribution < -0.4 is 5.32 Å². The van der Waals surface area contributed by atoms with Crippen LogP contribution in [-0.2, 0) is 14.3 Å². The highest BCUT2D eigenvalue weighted by molar-refractivity contribution is 6.48. The Bertz CT molecular complexity index is 591. The molecule has 1 aromatic rings. The predicted molar refractivity (Wildman–Crippen MR) is 75.9 cm³/mol. The second-order valence-corrected chi connectivity index (χ2v) is 5.46. The molecule has 0 aliphatic carbocycles. The third kappa shape index (κ3) is 2.53. The summed E-state index contributed by atoms with van der Waals surface area (Å²) in [5.41, 5.74) is 0.781. The van der Waals surface area contributed by atoms with E-state index in [1.807, 2.05) is 0 Å². The van der Waals surface area contributed by atoms with Crippen molar-refractivity contribution in [1.82, 2.24) is 0 Å². The Morgan fingerprint density at radius 1 is 1.35 bits per heavy atom. The van der Waals surface area contributed by atoms with Gasteiger partial charge in [-0.3, -0.25) is 4.79 Å². The Balaban J connectivity index is 2.60. The van der Waals surface area contributed by atoms with E-state index < -0.39 is 23.9 Å². The Morgan fingerprint density at radius 2 is 2.00 bits per heavy atom. The van der Waals surface area contributed by atoms with E-state index in [0.29, 0.717) is 11.3 Å². The number of benzene rings is 1. The lowest BCUT2D eigenvalue weighted by Crippen LogP contribution is -2.37. The van der Waals surface area contributed by atoms with E-state index in [2.05, 4.69) is 5.32 Å². The third-order valence-electron chi connectivity index (χ3n) is 3.13. The molecule has 0 fully saturated rings. The molecule has 0 aromatic heterocycles. The Labute approximate surface area is 129 Å². The van der Waals surface area contributed by atoms with Crippen LogP contribution in [0.4, 0.5) is 5.69 Å². The van der Waals surface area contributed by atoms with Gasteiger partial charge in [-0.2, -0.15) is 0 Å². The molecule has 1 aliphatic heterocycles. The summed E-state index contributed by atoms with van der Waals surface area (Å²) in [5, 5.41) is 12.3. The number of carbonyl (C=O) groups excluding carboxylic acids is 1. The van der Waals surface area contributed by atoms with Gasteiger partial charge in [0.15, 0.2) is 0 Å². The molecule has 5 nitrogen and oxygen atoms in total. The molecule has 8 heteroatoms. The Morgan fingerprint density at radius 3 is 2.55 bits per heavy atom. The number of carbonyl (C=O) groups is 2. The van der Waals surface area contributed by atoms with Gasteiger partial charge in [0, 0.05) is 11.3 Å². The number of halogens is 3. The molecule has 0 amide bonds. The summed E-state index contributed by atoms with van der Waals surface area (Å²) in [7, 11) is 1.23. The van der Waals surface area contributed by atoms with Gasteiger partial charge in [0.2, 0.25) is 0 Å². The van der Waals surface area contributed by atoms with Gasteiger partial charge in [-0.25, -0.2) is 4.79 Å². The van der Waals surface area contributed by atoms with Crippen molar-refractivity contribution in [2.75, 3.05) is 12.4 Å². The van der Waals surface area contributed by atoms with Gasteiger partial charge in [-0.05, 0) is 12.5 Å². The van der Waals surface area contributed by atoms with Crippen molar-refractivity contribution in [3.8, 4) is 0 Å². The second kappa shape index (κ2) is 5.68. The van der Waals surface area contributed by atoms with Crippen LogP contribution in [0.25, 0.3) is 0 Å². The molecule has 0 saturated heterocycles. The quantitative estimate of drug-likeness (QED) is 0.640. The maximum absolute atomic E-state index is 11.9. The number of fused-ring (bicyclic) bond motifs is 1. The van der Waals surface area contributed by atoms with Gasteiger partial charge < -0.3 is 15.2 Å². The summed E-state index contributed by atoms with van der Waals surface area (Å²) in [6.45, 7) is 0. The lowest BCUT2D eigenvalue weighted by atomic mass is 9.87. The highest BCUT2D eigenvalue weighted by Crippen LogP contribution is 2.45. The highest BCUT2D eigenvalue weighted by atomic mass is 35.5. The minimum absolute atomic E-state index is 0.0205. The molecular formula is C12H10Cl3NO4. The van der Waals surface area contributed by atoms with Crippen molar-refractivity contribution in [3.05, 3.63) is 26.7 Å². The normalized spacial score (nSPS) is 20.8. The van der Waals surface area contributed by atoms with Crippen LogP contribution in [0, 0.1) is 0 Å². The summed E-state index contributed by atoms with van der Waals surface area (Å²) in [6, 6.07) is 0.524. The molecular weight excluding hydrogens is 328 g/mol. The average Bonchev–Trinajstić information content (AvgIpc) is 2.42. The minimum atomic E-state index is -1.08. The summed E-state index contributed by atoms with van der Waals surface area (Å²) in [5.74, 6) is -2.45. The lowest BCUT2D eigenvalue weighted by Gasteiger charge is -2.30. The number of rotatable bonds is 2. The first-order chi connectivity index (χ1) is 9.36. The molecule has 1 heterocycles. The number of esters is 1. The number of methoxy groups -OCH3 is 1. The largest absolute Gasteiger partial charge is 0.480 e. The molecule has 1 aliphatic rings. The van der Waals surface area contributed by atoms with Gasteiger partial charge >= 0.3 is 11.9 Å². The van der Waals surface area contributed by atoms with E-state index in [4.69, 9.17) is 44.6 Å². The molecule has 0 radical (unpaired) electrons. The Kier molecular flexibility index (Phi) is 4.32. The van der Waals surface area contributed by atoms with E-state index in [1.54, 1.807) is 0 Å². The number of carboxylic acids is 1. The molecule has 0 saturated carbocycles. The van der Waals surface area contributed by atoms with E-state index in [9.17, 15) is 9.59 Å². The first-order valence-electron chi connectivity index (χ1n) is 5.61. The van der Waals surface area contributed by atoms with Gasteiger partial charge in [-0.1, -0.05) is 34.8 Å². The van der Waals surface area contributed by atoms with Gasteiger partial charge in [0.1, 0.15) is 6.04 Å². The zero-order valence-electron chi connectivity index (χ0n) is 10.2. The van der Waals surface area contributed by atoms with Gasteiger partial charge in [0.25, 0.3) is 0 Å². The molecule has 2 N–H and O–H groups in total. The molecule has 2 atom stereocenters. The fraction of sp³-hybridized carbons (Fsp3) is 0.333. The summed E-state index contributed by atoms with van der Waals surface area (Å²) in [6.07, 6.45) is 0.0205. The van der Waals surface area contributed by atoms with Crippen LogP contribution >= 0.6 is 34.8 Å². The van der Waals surface area contributed by atoms with E-state index in [-0.39, 0.29) is 21.5 Å². The number of carboxylic acid groups (broad SMARTS) is 1. The smallest absolute Gasteiger partial charge is 0.326 e. The molecule has 0 spiro atoms. The SMILES string of the molecule is COC(=O)[C@@H]1C[C@H](C(=O)O)Nc2cc(Cl)c(Cl)c(Cl)c21. The van der Waals surface area contributed by atoms with Crippen molar-refractivity contribution in [2.45, 2.75) is 18.4 Å². The number of nitrogens with one attached hydrogen (secondary N) is 1. The molecule has 0 unspecified atom stereocenters. The maximum atomic E-state index is 11.9. The van der Waals surface area contributed by atoms with E-state index in [1.165, 1.54) is 13.2 Å². The third-order valence-corrected chi connectivity index (χ3v) is 4.41. The topological polar surface area (TPSA) is 75.6 Å². The second-order valence-electron chi connectivity index (χ2n) is 4.29. The van der Waals surface area contributed by atoms with Crippen LogP contribution in [0.5, 0.6) is 0 Å². The van der Waals surface area contributed by atoms with Crippen LogP contribution in [0.15, 0.2) is 6.07 Å². The first-order valence-corrected chi connectivity index (χ1v) is 6.74. The van der Waals surface area contributed by atoms with E-state index in [0.717, 1.165) is 0 Å². The summed E-state index contributed by atoms with van der Waals surface area (Å²) < 4.78 is 4.71. The predicted octanol–water partition coefficient (Wildman–Crippen LogP) is 3.17. The van der Waals surface area contributed by atoms with Gasteiger partial charge in [0.05, 0.1) is 28.1 Å². The summed E-state index contributed by atoms with van der Waals surface area (Å²) >= 11 is 18.0. The standard InChI is InChI=1S/C12H10Cl3NO4/c1-20-12(19)4-2-7(11(17)18)16-6-3-5(13)9(14)10(15)8(4)6/h3-4,7,16H,2H2,1H3,(H,17,18)/t4-,7-/m1/s1. The maximum Gasteiger partial charge on any atom is 0.326 e. The number of ether oxygens (including phenoxy) is 1. The van der Waals surface area contributed by atoms with Crippen molar-refractivity contribution in [1.29, 1.82) is 0 Å². The first kappa shape index (κ1) is 15.2. The van der Waals surface area contributed by atoms with Crippen LogP contribution in [0.1, 0.15) is 17.9 Å². The van der Waals surface area contributed by atoms with Crippen molar-refractivity contribution in [3.63, 3.8) is 0 Å². The van der Waals surface area contributed by atoms with Gasteiger partial charge in [-0.15, -0.1) is 0 Å². The average molecular weight is 339 g/mol. The zero-order valence-corrected chi connectivity index (χ0v) is 12.5. The van der Waals surface area contributed by atoms with Crippen molar-refractivity contribution in [2.24, 2.45) is 0 Å². The molecule has 20 heavy (non-hydrogen) atoms. The van der Waals surface area contributed by atoms with E-state index >= 15 is 0 Å². The molecule has 1 aromatic carbocycles. The fourth-order valence-electron chi connectivity index (χ4n) is 2.19. The van der Waals surface area contributed by atoms with Crippen LogP contribution in [0.3, 0.4) is 0 Å². The fourth-order valence-corrected chi connectivity index (χ4v) is 2.93. The lowest BCUT2D eigenvalue weighted by molar-refractivity contribution is -0.143. The molecule has 0 bridgehead atoms. The van der Waals surface area contributed by atoms with Crippen molar-refractivity contribution >= 4 is 52.4 Å². The zero-order chi connectivity index (χ0) is 15.0. The Hall–Kier alpha value is -1.17. The minimum Gasteiger partial charge on any atom is -0.480 e. The highest BCUT2D eigenvalue weighted by Gasteiger charge is 2.38. The van der Waals surface area contributed by atoms with Crippen LogP contribution in [-0.4, -0.2) is 30.2 Å². The van der Waals surface area contributed by atoms with Crippen molar-refractivity contribution < 1.29 is 19.4 Å².